The number of H-pyrrole nitrogens is 1. The summed E-state index contributed by atoms with van der Waals surface area (Å²) in [7, 11) is 0. The van der Waals surface area contributed by atoms with Gasteiger partial charge in [-0.15, -0.1) is 0 Å². The Morgan fingerprint density at radius 1 is 0.917 bits per heavy atom. The van der Waals surface area contributed by atoms with Crippen LogP contribution in [-0.4, -0.2) is 20.3 Å². The summed E-state index contributed by atoms with van der Waals surface area (Å²) in [6.07, 6.45) is 3.33. The van der Waals surface area contributed by atoms with E-state index >= 15 is 0 Å². The van der Waals surface area contributed by atoms with Gasteiger partial charge in [-0.3, -0.25) is 5.10 Å². The minimum absolute atomic E-state index is 0.517. The van der Waals surface area contributed by atoms with Gasteiger partial charge in [-0.2, -0.15) is 5.10 Å². The molecule has 122 valence electrons. The van der Waals surface area contributed by atoms with E-state index < -0.39 is 5.60 Å². The van der Waals surface area contributed by atoms with Crippen molar-refractivity contribution in [3.05, 3.63) is 72.1 Å². The van der Waals surface area contributed by atoms with Crippen molar-refractivity contribution >= 4 is 0 Å². The zero-order chi connectivity index (χ0) is 16.4. The fourth-order valence-corrected chi connectivity index (χ4v) is 3.58. The van der Waals surface area contributed by atoms with Crippen LogP contribution in [0.1, 0.15) is 43.0 Å². The van der Waals surface area contributed by atoms with Gasteiger partial charge in [-0.25, -0.2) is 4.98 Å². The zero-order valence-electron chi connectivity index (χ0n) is 13.5. The molecule has 0 atom stereocenters. The van der Waals surface area contributed by atoms with Crippen molar-refractivity contribution in [1.82, 2.24) is 15.2 Å². The zero-order valence-corrected chi connectivity index (χ0v) is 13.5. The van der Waals surface area contributed by atoms with Crippen molar-refractivity contribution in [1.29, 1.82) is 0 Å². The van der Waals surface area contributed by atoms with E-state index in [2.05, 4.69) is 39.4 Å². The summed E-state index contributed by atoms with van der Waals surface area (Å²) >= 11 is 0. The number of aromatic amines is 1. The number of nitrogens with one attached hydrogen (secondary N) is 1. The highest BCUT2D eigenvalue weighted by Gasteiger charge is 2.38. The molecule has 1 aliphatic carbocycles. The van der Waals surface area contributed by atoms with Gasteiger partial charge in [0.2, 0.25) is 0 Å². The van der Waals surface area contributed by atoms with Crippen molar-refractivity contribution in [3.63, 3.8) is 0 Å². The van der Waals surface area contributed by atoms with Crippen LogP contribution in [0.15, 0.2) is 60.7 Å². The Labute approximate surface area is 141 Å². The van der Waals surface area contributed by atoms with Gasteiger partial charge in [0.25, 0.3) is 0 Å². The first kappa shape index (κ1) is 15.1. The summed E-state index contributed by atoms with van der Waals surface area (Å²) in [4.78, 5) is 4.56. The van der Waals surface area contributed by atoms with Gasteiger partial charge in [-0.05, 0) is 37.2 Å². The van der Waals surface area contributed by atoms with Crippen molar-refractivity contribution in [2.24, 2.45) is 0 Å². The van der Waals surface area contributed by atoms with E-state index in [1.54, 1.807) is 0 Å². The molecule has 2 aromatic carbocycles. The first-order chi connectivity index (χ1) is 11.7. The van der Waals surface area contributed by atoms with E-state index in [0.29, 0.717) is 30.4 Å². The second-order valence-corrected chi connectivity index (χ2v) is 6.59. The second kappa shape index (κ2) is 6.21. The van der Waals surface area contributed by atoms with Gasteiger partial charge in [0, 0.05) is 5.56 Å². The van der Waals surface area contributed by atoms with Crippen LogP contribution in [0.5, 0.6) is 0 Å². The summed E-state index contributed by atoms with van der Waals surface area (Å²) in [6, 6.07) is 20.4. The molecule has 1 aliphatic rings. The molecule has 1 aromatic heterocycles. The van der Waals surface area contributed by atoms with Crippen molar-refractivity contribution < 1.29 is 5.11 Å². The van der Waals surface area contributed by atoms with Gasteiger partial charge < -0.3 is 5.11 Å². The summed E-state index contributed by atoms with van der Waals surface area (Å²) in [5, 5.41) is 18.3. The third kappa shape index (κ3) is 2.85. The molecule has 1 heterocycles. The molecule has 0 spiro atoms. The largest absolute Gasteiger partial charge is 0.382 e. The Hall–Kier alpha value is -2.46. The Balaban J connectivity index is 1.50. The minimum Gasteiger partial charge on any atom is -0.382 e. The van der Waals surface area contributed by atoms with Crippen LogP contribution in [0.2, 0.25) is 0 Å². The molecule has 2 N–H and O–H groups in total. The van der Waals surface area contributed by atoms with Crippen LogP contribution in [-0.2, 0) is 5.60 Å². The smallest absolute Gasteiger partial charge is 0.181 e. The number of aromatic nitrogens is 3. The second-order valence-electron chi connectivity index (χ2n) is 6.59. The van der Waals surface area contributed by atoms with E-state index in [4.69, 9.17) is 0 Å². The molecule has 0 unspecified atom stereocenters. The number of aliphatic hydroxyl groups is 1. The Kier molecular flexibility index (Phi) is 3.90. The summed E-state index contributed by atoms with van der Waals surface area (Å²) in [5.41, 5.74) is 1.43. The molecule has 0 saturated heterocycles. The lowest BCUT2D eigenvalue weighted by atomic mass is 9.76. The molecule has 4 nitrogen and oxygen atoms in total. The van der Waals surface area contributed by atoms with E-state index in [1.807, 2.05) is 36.4 Å². The molecule has 0 amide bonds. The number of nitrogens with zero attached hydrogens (tertiary/aromatic N) is 2. The van der Waals surface area contributed by atoms with Crippen LogP contribution >= 0.6 is 0 Å². The standard InChI is InChI=1S/C20H21N3O/c24-20(13-11-16(12-14-20)15-7-3-1-4-8-15)19-21-18(22-23-19)17-9-5-2-6-10-17/h1-10,16,24H,11-14H2,(H,21,22,23). The summed E-state index contributed by atoms with van der Waals surface area (Å²) < 4.78 is 0. The van der Waals surface area contributed by atoms with Crippen LogP contribution in [0.25, 0.3) is 11.4 Å². The van der Waals surface area contributed by atoms with Gasteiger partial charge in [-0.1, -0.05) is 60.7 Å². The average Bonchev–Trinajstić information content (AvgIpc) is 3.15. The lowest BCUT2D eigenvalue weighted by molar-refractivity contribution is -0.0134. The molecule has 4 heteroatoms. The third-order valence-electron chi connectivity index (χ3n) is 5.04. The maximum atomic E-state index is 11.0. The highest BCUT2D eigenvalue weighted by Crippen LogP contribution is 2.42. The molecule has 1 fully saturated rings. The van der Waals surface area contributed by atoms with Gasteiger partial charge >= 0.3 is 0 Å². The number of hydrogen-bond donors (Lipinski definition) is 2. The SMILES string of the molecule is OC1(c2nc(-c3ccccc3)n[nH]2)CCC(c2ccccc2)CC1. The van der Waals surface area contributed by atoms with Crippen molar-refractivity contribution in [2.45, 2.75) is 37.2 Å². The molecule has 4 rings (SSSR count). The topological polar surface area (TPSA) is 61.8 Å². The fourth-order valence-electron chi connectivity index (χ4n) is 3.58. The van der Waals surface area contributed by atoms with Crippen molar-refractivity contribution in [2.75, 3.05) is 0 Å². The van der Waals surface area contributed by atoms with E-state index in [0.717, 1.165) is 18.4 Å². The third-order valence-corrected chi connectivity index (χ3v) is 5.04. The Bertz CT molecular complexity index is 790. The van der Waals surface area contributed by atoms with E-state index in [9.17, 15) is 5.11 Å². The maximum absolute atomic E-state index is 11.0. The van der Waals surface area contributed by atoms with Gasteiger partial charge in [0.05, 0.1) is 0 Å². The number of rotatable bonds is 3. The maximum Gasteiger partial charge on any atom is 0.181 e. The van der Waals surface area contributed by atoms with Crippen molar-refractivity contribution in [3.8, 4) is 11.4 Å². The lowest BCUT2D eigenvalue weighted by Gasteiger charge is -2.34. The fraction of sp³-hybridized carbons (Fsp3) is 0.300. The molecular weight excluding hydrogens is 298 g/mol. The van der Waals surface area contributed by atoms with Crippen LogP contribution in [0.4, 0.5) is 0 Å². The van der Waals surface area contributed by atoms with Crippen LogP contribution < -0.4 is 0 Å². The van der Waals surface area contributed by atoms with E-state index in [1.165, 1.54) is 5.56 Å². The highest BCUT2D eigenvalue weighted by atomic mass is 16.3. The number of benzene rings is 2. The molecular formula is C20H21N3O. The number of hydrogen-bond acceptors (Lipinski definition) is 3. The predicted molar refractivity (Wildman–Crippen MR) is 93.4 cm³/mol. The summed E-state index contributed by atoms with van der Waals surface area (Å²) in [6.45, 7) is 0. The molecule has 1 saturated carbocycles. The normalized spacial score (nSPS) is 24.0. The quantitative estimate of drug-likeness (QED) is 0.766. The molecule has 24 heavy (non-hydrogen) atoms. The predicted octanol–water partition coefficient (Wildman–Crippen LogP) is 4.02. The minimum atomic E-state index is -0.898. The Morgan fingerprint density at radius 2 is 1.54 bits per heavy atom. The van der Waals surface area contributed by atoms with Crippen LogP contribution in [0, 0.1) is 0 Å². The highest BCUT2D eigenvalue weighted by molar-refractivity contribution is 5.54. The van der Waals surface area contributed by atoms with Gasteiger partial charge in [0.15, 0.2) is 11.6 Å². The van der Waals surface area contributed by atoms with Crippen LogP contribution in [0.3, 0.4) is 0 Å². The molecule has 0 bridgehead atoms. The molecule has 0 aliphatic heterocycles. The lowest BCUT2D eigenvalue weighted by Crippen LogP contribution is -2.32. The monoisotopic (exact) mass is 319 g/mol. The summed E-state index contributed by atoms with van der Waals surface area (Å²) in [5.74, 6) is 1.75. The molecule has 3 aromatic rings. The first-order valence-electron chi connectivity index (χ1n) is 8.50. The first-order valence-corrected chi connectivity index (χ1v) is 8.50. The average molecular weight is 319 g/mol. The van der Waals surface area contributed by atoms with E-state index in [-0.39, 0.29) is 0 Å². The molecule has 0 radical (unpaired) electrons. The van der Waals surface area contributed by atoms with Gasteiger partial charge in [0.1, 0.15) is 5.60 Å². The Morgan fingerprint density at radius 3 is 2.21 bits per heavy atom.